The zero-order valence-electron chi connectivity index (χ0n) is 11.1. The van der Waals surface area contributed by atoms with Crippen LogP contribution in [0.5, 0.6) is 0 Å². The molecule has 0 heterocycles. The van der Waals surface area contributed by atoms with Crippen molar-refractivity contribution in [2.75, 3.05) is 0 Å². The molecule has 0 aliphatic carbocycles. The topological polar surface area (TPSA) is 26.0 Å². The van der Waals surface area contributed by atoms with Gasteiger partial charge in [0.2, 0.25) is 0 Å². The van der Waals surface area contributed by atoms with Crippen LogP contribution in [-0.4, -0.2) is 0 Å². The van der Waals surface area contributed by atoms with Crippen LogP contribution in [0.15, 0.2) is 30.3 Å². The summed E-state index contributed by atoms with van der Waals surface area (Å²) in [5.74, 6) is -0.554. The number of benzene rings is 2. The van der Waals surface area contributed by atoms with Crippen molar-refractivity contribution in [2.45, 2.75) is 18.9 Å². The molecule has 0 saturated heterocycles. The van der Waals surface area contributed by atoms with Crippen molar-refractivity contribution in [3.63, 3.8) is 0 Å². The Morgan fingerprint density at radius 3 is 2.24 bits per heavy atom. The first-order valence-corrected chi connectivity index (χ1v) is 7.60. The van der Waals surface area contributed by atoms with E-state index in [-0.39, 0.29) is 5.02 Å². The minimum atomic E-state index is -0.875. The Kier molecular flexibility index (Phi) is 5.07. The van der Waals surface area contributed by atoms with Crippen LogP contribution in [0.4, 0.5) is 4.39 Å². The molecule has 2 rings (SSSR count). The predicted octanol–water partition coefficient (Wildman–Crippen LogP) is 5.86. The van der Waals surface area contributed by atoms with Gasteiger partial charge in [-0.2, -0.15) is 0 Å². The molecule has 0 aliphatic rings. The molecule has 112 valence electrons. The maximum absolute atomic E-state index is 13.7. The van der Waals surface area contributed by atoms with E-state index in [0.717, 1.165) is 5.56 Å². The zero-order chi connectivity index (χ0) is 15.8. The molecule has 0 aromatic heterocycles. The van der Waals surface area contributed by atoms with Crippen molar-refractivity contribution < 1.29 is 4.39 Å². The highest BCUT2D eigenvalue weighted by Crippen LogP contribution is 2.33. The van der Waals surface area contributed by atoms with Gasteiger partial charge >= 0.3 is 0 Å². The van der Waals surface area contributed by atoms with Crippen LogP contribution < -0.4 is 5.73 Å². The van der Waals surface area contributed by atoms with Gasteiger partial charge in [-0.05, 0) is 48.7 Å². The highest BCUT2D eigenvalue weighted by Gasteiger charge is 2.26. The third kappa shape index (κ3) is 3.82. The van der Waals surface area contributed by atoms with E-state index in [1.54, 1.807) is 19.1 Å². The molecule has 1 nitrogen and oxygen atoms in total. The zero-order valence-corrected chi connectivity index (χ0v) is 14.1. The number of nitrogens with two attached hydrogens (primary N) is 1. The second-order valence-corrected chi connectivity index (χ2v) is 6.72. The molecule has 2 aromatic rings. The van der Waals surface area contributed by atoms with E-state index in [4.69, 9.17) is 52.1 Å². The van der Waals surface area contributed by atoms with Gasteiger partial charge in [0.25, 0.3) is 0 Å². The van der Waals surface area contributed by atoms with E-state index in [0.29, 0.717) is 27.1 Å². The van der Waals surface area contributed by atoms with Crippen LogP contribution in [0.25, 0.3) is 0 Å². The quantitative estimate of drug-likeness (QED) is 0.676. The average molecular weight is 367 g/mol. The molecule has 0 saturated carbocycles. The van der Waals surface area contributed by atoms with Gasteiger partial charge in [-0.1, -0.05) is 52.5 Å². The summed E-state index contributed by atoms with van der Waals surface area (Å²) in [6, 6.07) is 7.87. The minimum absolute atomic E-state index is 0.0333. The molecule has 6 heteroatoms. The second-order valence-electron chi connectivity index (χ2n) is 5.09. The smallest absolute Gasteiger partial charge is 0.142 e. The molecule has 0 fully saturated rings. The first-order chi connectivity index (χ1) is 9.70. The summed E-state index contributed by atoms with van der Waals surface area (Å²) in [6.45, 7) is 1.77. The SMILES string of the molecule is CC(N)(Cc1ccc(Cl)c(Cl)c1)c1cc(F)c(Cl)cc1Cl. The van der Waals surface area contributed by atoms with Crippen molar-refractivity contribution >= 4 is 46.4 Å². The van der Waals surface area contributed by atoms with Gasteiger partial charge in [0.1, 0.15) is 5.82 Å². The van der Waals surface area contributed by atoms with Crippen molar-refractivity contribution in [3.05, 3.63) is 67.4 Å². The van der Waals surface area contributed by atoms with Gasteiger partial charge < -0.3 is 5.73 Å². The van der Waals surface area contributed by atoms with Crippen molar-refractivity contribution in [2.24, 2.45) is 5.73 Å². The van der Waals surface area contributed by atoms with Gasteiger partial charge in [0, 0.05) is 10.6 Å². The monoisotopic (exact) mass is 365 g/mol. The normalized spacial score (nSPS) is 14.0. The van der Waals surface area contributed by atoms with Gasteiger partial charge in [-0.15, -0.1) is 0 Å². The van der Waals surface area contributed by atoms with E-state index in [1.165, 1.54) is 12.1 Å². The molecule has 2 aromatic carbocycles. The lowest BCUT2D eigenvalue weighted by Gasteiger charge is -2.27. The summed E-state index contributed by atoms with van der Waals surface area (Å²) < 4.78 is 13.7. The Bertz CT molecular complexity index is 686. The van der Waals surface area contributed by atoms with Gasteiger partial charge in [-0.3, -0.25) is 0 Å². The summed E-state index contributed by atoms with van der Waals surface area (Å²) in [5.41, 5.74) is 6.79. The summed E-state index contributed by atoms with van der Waals surface area (Å²) in [5, 5.41) is 1.20. The molecule has 0 aliphatic heterocycles. The van der Waals surface area contributed by atoms with Gasteiger partial charge in [0.15, 0.2) is 0 Å². The third-order valence-electron chi connectivity index (χ3n) is 3.18. The van der Waals surface area contributed by atoms with E-state index in [2.05, 4.69) is 0 Å². The second kappa shape index (κ2) is 6.31. The molecule has 21 heavy (non-hydrogen) atoms. The highest BCUT2D eigenvalue weighted by molar-refractivity contribution is 6.42. The van der Waals surface area contributed by atoms with E-state index < -0.39 is 11.4 Å². The fourth-order valence-electron chi connectivity index (χ4n) is 2.13. The van der Waals surface area contributed by atoms with Crippen LogP contribution in [0.2, 0.25) is 20.1 Å². The van der Waals surface area contributed by atoms with Crippen molar-refractivity contribution in [3.8, 4) is 0 Å². The van der Waals surface area contributed by atoms with Gasteiger partial charge in [-0.25, -0.2) is 4.39 Å². The van der Waals surface area contributed by atoms with Crippen molar-refractivity contribution in [1.29, 1.82) is 0 Å². The maximum Gasteiger partial charge on any atom is 0.142 e. The molecule has 0 bridgehead atoms. The molecule has 2 N–H and O–H groups in total. The Morgan fingerprint density at radius 1 is 0.952 bits per heavy atom. The third-order valence-corrected chi connectivity index (χ3v) is 4.52. The Labute approximate surface area is 142 Å². The summed E-state index contributed by atoms with van der Waals surface area (Å²) in [6.07, 6.45) is 0.421. The molecular weight excluding hydrogens is 355 g/mol. The van der Waals surface area contributed by atoms with Crippen LogP contribution >= 0.6 is 46.4 Å². The average Bonchev–Trinajstić information content (AvgIpc) is 2.37. The van der Waals surface area contributed by atoms with Gasteiger partial charge in [0.05, 0.1) is 15.1 Å². The van der Waals surface area contributed by atoms with Crippen LogP contribution in [0.3, 0.4) is 0 Å². The van der Waals surface area contributed by atoms with E-state index in [1.807, 2.05) is 6.07 Å². The van der Waals surface area contributed by atoms with Crippen LogP contribution in [0.1, 0.15) is 18.1 Å². The minimum Gasteiger partial charge on any atom is -0.321 e. The van der Waals surface area contributed by atoms with E-state index in [9.17, 15) is 4.39 Å². The number of hydrogen-bond donors (Lipinski definition) is 1. The van der Waals surface area contributed by atoms with E-state index >= 15 is 0 Å². The Hall–Kier alpha value is -0.510. The molecular formula is C15H12Cl4FN. The fraction of sp³-hybridized carbons (Fsp3) is 0.200. The lowest BCUT2D eigenvalue weighted by atomic mass is 9.86. The summed E-state index contributed by atoms with van der Waals surface area (Å²) >= 11 is 23.7. The Morgan fingerprint density at radius 2 is 1.62 bits per heavy atom. The fourth-order valence-corrected chi connectivity index (χ4v) is 3.05. The standard InChI is InChI=1S/C15H12Cl4FN/c1-15(21,7-8-2-3-10(16)12(18)4-8)9-5-14(20)13(19)6-11(9)17/h2-6H,7,21H2,1H3. The maximum atomic E-state index is 13.7. The first-order valence-electron chi connectivity index (χ1n) is 6.08. The molecule has 0 radical (unpaired) electrons. The van der Waals surface area contributed by atoms with Crippen molar-refractivity contribution in [1.82, 2.24) is 0 Å². The number of hydrogen-bond acceptors (Lipinski definition) is 1. The largest absolute Gasteiger partial charge is 0.321 e. The predicted molar refractivity (Wildman–Crippen MR) is 88.1 cm³/mol. The molecule has 0 amide bonds. The number of halogens is 5. The molecule has 1 unspecified atom stereocenters. The first kappa shape index (κ1) is 16.9. The molecule has 1 atom stereocenters. The molecule has 0 spiro atoms. The Balaban J connectivity index is 2.37. The summed E-state index contributed by atoms with van der Waals surface area (Å²) in [4.78, 5) is 0. The lowest BCUT2D eigenvalue weighted by Crippen LogP contribution is -2.36. The number of rotatable bonds is 3. The van der Waals surface area contributed by atoms with Crippen LogP contribution in [-0.2, 0) is 12.0 Å². The van der Waals surface area contributed by atoms with Crippen LogP contribution in [0, 0.1) is 5.82 Å². The highest BCUT2D eigenvalue weighted by atomic mass is 35.5. The lowest BCUT2D eigenvalue weighted by molar-refractivity contribution is 0.486. The summed E-state index contributed by atoms with van der Waals surface area (Å²) in [7, 11) is 0.